The Bertz CT molecular complexity index is 352. The van der Waals surface area contributed by atoms with Crippen molar-refractivity contribution in [2.24, 2.45) is 0 Å². The van der Waals surface area contributed by atoms with E-state index in [0.717, 1.165) is 0 Å². The molecule has 14 heavy (non-hydrogen) atoms. The zero-order valence-electron chi connectivity index (χ0n) is 7.57. The molecule has 1 aromatic heterocycles. The molecule has 1 atom stereocenters. The molecule has 0 fully saturated rings. The van der Waals surface area contributed by atoms with E-state index in [1.807, 2.05) is 0 Å². The molecule has 0 aliphatic carbocycles. The Labute approximate surface area is 89.7 Å². The van der Waals surface area contributed by atoms with Gasteiger partial charge >= 0.3 is 5.97 Å². The number of aliphatic hydroxyl groups is 1. The first-order chi connectivity index (χ1) is 6.42. The van der Waals surface area contributed by atoms with Crippen LogP contribution in [0.2, 0.25) is 0 Å². The topological polar surface area (TPSA) is 70.4 Å². The molecule has 1 unspecified atom stereocenters. The third kappa shape index (κ3) is 2.78. The monoisotopic (exact) mass is 259 g/mol. The molecular formula is C9H10BrNO3. The molecule has 0 radical (unpaired) electrons. The number of aliphatic carboxylic acids is 1. The van der Waals surface area contributed by atoms with Crippen molar-refractivity contribution in [1.82, 2.24) is 4.98 Å². The maximum atomic E-state index is 10.6. The number of rotatable bonds is 3. The van der Waals surface area contributed by atoms with Crippen LogP contribution in [0.15, 0.2) is 22.8 Å². The molecule has 0 aliphatic heterocycles. The fraction of sp³-hybridized carbons (Fsp3) is 0.333. The smallest absolute Gasteiger partial charge is 0.335 e. The number of aromatic nitrogens is 1. The van der Waals surface area contributed by atoms with Crippen LogP contribution in [0, 0.1) is 0 Å². The van der Waals surface area contributed by atoms with Crippen LogP contribution in [0.3, 0.4) is 0 Å². The van der Waals surface area contributed by atoms with E-state index in [2.05, 4.69) is 20.9 Å². The summed E-state index contributed by atoms with van der Waals surface area (Å²) in [5.74, 6) is -1.25. The first kappa shape index (κ1) is 11.1. The number of pyridine rings is 1. The molecule has 0 aromatic carbocycles. The van der Waals surface area contributed by atoms with Crippen molar-refractivity contribution in [1.29, 1.82) is 0 Å². The van der Waals surface area contributed by atoms with Gasteiger partial charge in [-0.15, -0.1) is 0 Å². The van der Waals surface area contributed by atoms with Gasteiger partial charge in [-0.2, -0.15) is 0 Å². The van der Waals surface area contributed by atoms with Gasteiger partial charge in [0.2, 0.25) is 0 Å². The normalized spacial score (nSPS) is 14.8. The lowest BCUT2D eigenvalue weighted by Gasteiger charge is -2.16. The van der Waals surface area contributed by atoms with Crippen LogP contribution in [0.25, 0.3) is 0 Å². The van der Waals surface area contributed by atoms with Gasteiger partial charge in [0.1, 0.15) is 4.60 Å². The summed E-state index contributed by atoms with van der Waals surface area (Å²) in [6.45, 7) is 1.25. The average Bonchev–Trinajstić information content (AvgIpc) is 2.02. The van der Waals surface area contributed by atoms with Gasteiger partial charge in [-0.05, 0) is 35.0 Å². The summed E-state index contributed by atoms with van der Waals surface area (Å²) in [4.78, 5) is 14.7. The summed E-state index contributed by atoms with van der Waals surface area (Å²) in [5, 5.41) is 18.2. The predicted molar refractivity (Wildman–Crippen MR) is 53.9 cm³/mol. The molecule has 0 saturated heterocycles. The maximum Gasteiger partial charge on any atom is 0.335 e. The minimum absolute atomic E-state index is 0.0121. The quantitative estimate of drug-likeness (QED) is 0.802. The molecule has 2 N–H and O–H groups in total. The van der Waals surface area contributed by atoms with Crippen molar-refractivity contribution in [3.8, 4) is 0 Å². The highest BCUT2D eigenvalue weighted by atomic mass is 79.9. The largest absolute Gasteiger partial charge is 0.479 e. The lowest BCUT2D eigenvalue weighted by molar-refractivity contribution is -0.156. The minimum atomic E-state index is -1.77. The minimum Gasteiger partial charge on any atom is -0.479 e. The van der Waals surface area contributed by atoms with Crippen LogP contribution in [0.4, 0.5) is 0 Å². The van der Waals surface area contributed by atoms with E-state index < -0.39 is 11.6 Å². The summed E-state index contributed by atoms with van der Waals surface area (Å²) < 4.78 is 0.621. The van der Waals surface area contributed by atoms with E-state index in [9.17, 15) is 9.90 Å². The van der Waals surface area contributed by atoms with Gasteiger partial charge in [0.15, 0.2) is 5.60 Å². The predicted octanol–water partition coefficient (Wildman–Crippen LogP) is 1.22. The van der Waals surface area contributed by atoms with Gasteiger partial charge < -0.3 is 10.2 Å². The van der Waals surface area contributed by atoms with Gasteiger partial charge in [0.05, 0.1) is 0 Å². The number of carbonyl (C=O) groups is 1. The molecular weight excluding hydrogens is 250 g/mol. The van der Waals surface area contributed by atoms with Crippen LogP contribution >= 0.6 is 15.9 Å². The molecule has 0 bridgehead atoms. The number of nitrogens with zero attached hydrogens (tertiary/aromatic N) is 1. The zero-order chi connectivity index (χ0) is 10.8. The lowest BCUT2D eigenvalue weighted by Crippen LogP contribution is -2.37. The van der Waals surface area contributed by atoms with E-state index in [-0.39, 0.29) is 6.42 Å². The molecule has 1 rings (SSSR count). The molecule has 4 nitrogen and oxygen atoms in total. The number of carboxylic acid groups (broad SMARTS) is 1. The van der Waals surface area contributed by atoms with Crippen LogP contribution in [0.1, 0.15) is 12.6 Å². The van der Waals surface area contributed by atoms with E-state index in [4.69, 9.17) is 5.11 Å². The highest BCUT2D eigenvalue weighted by molar-refractivity contribution is 9.10. The molecule has 0 amide bonds. The van der Waals surface area contributed by atoms with Gasteiger partial charge in [0.25, 0.3) is 0 Å². The lowest BCUT2D eigenvalue weighted by atomic mass is 10.0. The van der Waals surface area contributed by atoms with Crippen LogP contribution < -0.4 is 0 Å². The van der Waals surface area contributed by atoms with Crippen LogP contribution in [-0.2, 0) is 11.2 Å². The molecule has 1 aromatic rings. The fourth-order valence-electron chi connectivity index (χ4n) is 0.977. The first-order valence-electron chi connectivity index (χ1n) is 3.99. The number of halogens is 1. The Hall–Kier alpha value is -0.940. The van der Waals surface area contributed by atoms with Gasteiger partial charge in [-0.1, -0.05) is 6.07 Å². The highest BCUT2D eigenvalue weighted by Gasteiger charge is 2.30. The molecule has 5 heteroatoms. The van der Waals surface area contributed by atoms with E-state index in [1.54, 1.807) is 18.2 Å². The summed E-state index contributed by atoms with van der Waals surface area (Å²) in [6, 6.07) is 5.14. The van der Waals surface area contributed by atoms with E-state index in [0.29, 0.717) is 10.3 Å². The Kier molecular flexibility index (Phi) is 3.23. The van der Waals surface area contributed by atoms with E-state index >= 15 is 0 Å². The summed E-state index contributed by atoms with van der Waals surface area (Å²) >= 11 is 3.17. The van der Waals surface area contributed by atoms with E-state index in [1.165, 1.54) is 6.92 Å². The van der Waals surface area contributed by atoms with Gasteiger partial charge in [0, 0.05) is 12.1 Å². The van der Waals surface area contributed by atoms with Crippen molar-refractivity contribution in [3.05, 3.63) is 28.5 Å². The first-order valence-corrected chi connectivity index (χ1v) is 4.78. The molecule has 1 heterocycles. The Balaban J connectivity index is 2.83. The van der Waals surface area contributed by atoms with Crippen molar-refractivity contribution >= 4 is 21.9 Å². The SMILES string of the molecule is CC(O)(Cc1cccc(Br)n1)C(=O)O. The maximum absolute atomic E-state index is 10.6. The van der Waals surface area contributed by atoms with Gasteiger partial charge in [-0.25, -0.2) is 9.78 Å². The highest BCUT2D eigenvalue weighted by Crippen LogP contribution is 2.14. The Morgan fingerprint density at radius 3 is 2.79 bits per heavy atom. The second-order valence-corrected chi connectivity index (χ2v) is 4.02. The average molecular weight is 260 g/mol. The standard InChI is InChI=1S/C9H10BrNO3/c1-9(14,8(12)13)5-6-3-2-4-7(10)11-6/h2-4,14H,5H2,1H3,(H,12,13). The van der Waals surface area contributed by atoms with Crippen molar-refractivity contribution in [3.63, 3.8) is 0 Å². The zero-order valence-corrected chi connectivity index (χ0v) is 9.15. The third-order valence-electron chi connectivity index (χ3n) is 1.76. The number of hydrogen-bond donors (Lipinski definition) is 2. The second-order valence-electron chi connectivity index (χ2n) is 3.21. The van der Waals surface area contributed by atoms with Crippen molar-refractivity contribution < 1.29 is 15.0 Å². The summed E-state index contributed by atoms with van der Waals surface area (Å²) in [6.07, 6.45) is -0.0121. The third-order valence-corrected chi connectivity index (χ3v) is 2.20. The fourth-order valence-corrected chi connectivity index (χ4v) is 1.36. The molecule has 0 aliphatic rings. The molecule has 76 valence electrons. The molecule has 0 spiro atoms. The van der Waals surface area contributed by atoms with Crippen LogP contribution in [0.5, 0.6) is 0 Å². The summed E-state index contributed by atoms with van der Waals surface area (Å²) in [5.41, 5.74) is -1.24. The molecule has 0 saturated carbocycles. The number of hydrogen-bond acceptors (Lipinski definition) is 3. The second kappa shape index (κ2) is 4.06. The van der Waals surface area contributed by atoms with Crippen molar-refractivity contribution in [2.45, 2.75) is 18.9 Å². The van der Waals surface area contributed by atoms with Gasteiger partial charge in [-0.3, -0.25) is 0 Å². The Morgan fingerprint density at radius 2 is 2.29 bits per heavy atom. The number of carboxylic acids is 1. The van der Waals surface area contributed by atoms with Crippen molar-refractivity contribution in [2.75, 3.05) is 0 Å². The summed E-state index contributed by atoms with van der Waals surface area (Å²) in [7, 11) is 0. The van der Waals surface area contributed by atoms with Crippen LogP contribution in [-0.4, -0.2) is 26.8 Å². The Morgan fingerprint density at radius 1 is 1.64 bits per heavy atom.